The summed E-state index contributed by atoms with van der Waals surface area (Å²) >= 11 is 7.67. The van der Waals surface area contributed by atoms with E-state index < -0.39 is 23.9 Å². The number of hydrogen-bond acceptors (Lipinski definition) is 10. The van der Waals surface area contributed by atoms with E-state index >= 15 is 4.39 Å². The second-order valence-corrected chi connectivity index (χ2v) is 11.1. The smallest absolute Gasteiger partial charge is 0.409 e. The van der Waals surface area contributed by atoms with Crippen LogP contribution < -0.4 is 25.8 Å². The van der Waals surface area contributed by atoms with Crippen LogP contribution in [0.5, 0.6) is 11.8 Å². The second-order valence-electron chi connectivity index (χ2n) is 9.71. The third-order valence-corrected chi connectivity index (χ3v) is 8.56. The lowest BCUT2D eigenvalue weighted by atomic mass is 9.96. The van der Waals surface area contributed by atoms with Gasteiger partial charge < -0.3 is 25.8 Å². The van der Waals surface area contributed by atoms with Crippen LogP contribution in [0.4, 0.5) is 38.6 Å². The van der Waals surface area contributed by atoms with Gasteiger partial charge >= 0.3 is 12.2 Å². The fourth-order valence-corrected chi connectivity index (χ4v) is 6.58. The summed E-state index contributed by atoms with van der Waals surface area (Å²) in [6, 6.07) is 5.79. The molecule has 5 aromatic rings. The van der Waals surface area contributed by atoms with Crippen LogP contribution in [0.15, 0.2) is 42.6 Å². The van der Waals surface area contributed by atoms with Crippen molar-refractivity contribution in [3.05, 3.63) is 70.4 Å². The van der Waals surface area contributed by atoms with Gasteiger partial charge in [0.1, 0.15) is 40.6 Å². The van der Waals surface area contributed by atoms with Gasteiger partial charge in [-0.3, -0.25) is 0 Å². The molecular formula is C29H19ClF5N7O2S. The number of allylic oxidation sites excluding steroid dienone is 1. The number of fused-ring (bicyclic) bond motifs is 1. The number of aromatic nitrogens is 3. The van der Waals surface area contributed by atoms with Gasteiger partial charge in [-0.15, -0.1) is 11.3 Å². The maximum absolute atomic E-state index is 16.8. The molecule has 0 fully saturated rings. The number of nitriles is 1. The van der Waals surface area contributed by atoms with Gasteiger partial charge in [-0.1, -0.05) is 29.8 Å². The van der Waals surface area contributed by atoms with Gasteiger partial charge in [0, 0.05) is 28.8 Å². The second kappa shape index (κ2) is 11.2. The van der Waals surface area contributed by atoms with Crippen LogP contribution in [-0.4, -0.2) is 41.4 Å². The molecule has 1 aliphatic rings. The van der Waals surface area contributed by atoms with Crippen molar-refractivity contribution in [2.45, 2.75) is 12.2 Å². The van der Waals surface area contributed by atoms with Gasteiger partial charge in [0.15, 0.2) is 11.6 Å². The van der Waals surface area contributed by atoms with Gasteiger partial charge in [-0.05, 0) is 17.7 Å². The van der Waals surface area contributed by atoms with Gasteiger partial charge in [-0.2, -0.15) is 28.4 Å². The number of nitrogen functional groups attached to an aromatic ring is 2. The maximum Gasteiger partial charge on any atom is 0.409 e. The highest BCUT2D eigenvalue weighted by Gasteiger charge is 2.35. The van der Waals surface area contributed by atoms with Gasteiger partial charge in [0.2, 0.25) is 0 Å². The van der Waals surface area contributed by atoms with Gasteiger partial charge in [-0.25, -0.2) is 13.8 Å². The molecule has 230 valence electrons. The quantitative estimate of drug-likeness (QED) is 0.152. The lowest BCUT2D eigenvalue weighted by Gasteiger charge is -2.31. The van der Waals surface area contributed by atoms with Crippen LogP contribution >= 0.6 is 22.9 Å². The summed E-state index contributed by atoms with van der Waals surface area (Å²) in [6.07, 6.45) is -2.35. The summed E-state index contributed by atoms with van der Waals surface area (Å²) in [5.74, 6) is -1.86. The average molecular weight is 660 g/mol. The standard InChI is InChI=1S/C29H19ClF5N7O2S/c1-43-28-40-22-19-23(20(30)18(21(22)32)13-4-5-15(31)24-17(13)14(11-36)26(38)45-24)44-10-9-42(27(19)41-28)16(6-7-29(33,34)35)12-3-2-8-39-25(12)37/h2-8,16H,9-10,38H2,1H3,(H2,37,39)/b7-6-. The molecule has 0 amide bonds. The Hall–Kier alpha value is -4.94. The van der Waals surface area contributed by atoms with Crippen LogP contribution in [0.1, 0.15) is 17.2 Å². The average Bonchev–Trinajstić information content (AvgIpc) is 3.23. The number of alkyl halides is 3. The molecule has 0 spiro atoms. The first-order valence-electron chi connectivity index (χ1n) is 13.0. The Bertz CT molecular complexity index is 2080. The van der Waals surface area contributed by atoms with E-state index in [9.17, 15) is 22.8 Å². The van der Waals surface area contributed by atoms with Crippen molar-refractivity contribution in [2.75, 3.05) is 36.6 Å². The molecule has 9 nitrogen and oxygen atoms in total. The molecule has 4 heterocycles. The van der Waals surface area contributed by atoms with Crippen molar-refractivity contribution < 1.29 is 31.4 Å². The van der Waals surface area contributed by atoms with E-state index in [0.717, 1.165) is 23.5 Å². The lowest BCUT2D eigenvalue weighted by Crippen LogP contribution is -2.32. The molecule has 6 rings (SSSR count). The van der Waals surface area contributed by atoms with Crippen LogP contribution in [0.25, 0.3) is 32.1 Å². The molecule has 4 N–H and O–H groups in total. The SMILES string of the molecule is COc1nc2c3c(c(Cl)c(-c4ccc(F)c5sc(N)c(C#N)c45)c(F)c3n1)OCCN2C(/C=C\C(F)(F)F)c1cccnc1N. The Kier molecular flexibility index (Phi) is 7.50. The zero-order valence-electron chi connectivity index (χ0n) is 22.9. The van der Waals surface area contributed by atoms with E-state index in [1.807, 2.05) is 6.07 Å². The molecule has 0 radical (unpaired) electrons. The fourth-order valence-electron chi connectivity index (χ4n) is 5.29. The summed E-state index contributed by atoms with van der Waals surface area (Å²) in [4.78, 5) is 14.0. The molecule has 0 bridgehead atoms. The van der Waals surface area contributed by atoms with Crippen LogP contribution in [0.3, 0.4) is 0 Å². The monoisotopic (exact) mass is 659 g/mol. The highest BCUT2D eigenvalue weighted by Crippen LogP contribution is 2.51. The van der Waals surface area contributed by atoms with Crippen LogP contribution in [0.2, 0.25) is 5.02 Å². The van der Waals surface area contributed by atoms with E-state index in [2.05, 4.69) is 15.0 Å². The Balaban J connectivity index is 1.68. The minimum Gasteiger partial charge on any atom is -0.489 e. The molecule has 0 saturated carbocycles. The molecule has 1 unspecified atom stereocenters. The number of halogens is 6. The molecule has 3 aromatic heterocycles. The van der Waals surface area contributed by atoms with Crippen molar-refractivity contribution in [1.29, 1.82) is 5.26 Å². The molecule has 16 heteroatoms. The first kappa shape index (κ1) is 30.1. The summed E-state index contributed by atoms with van der Waals surface area (Å²) < 4.78 is 83.2. The van der Waals surface area contributed by atoms with Gasteiger partial charge in [0.25, 0.3) is 0 Å². The topological polar surface area (TPSA) is 136 Å². The largest absolute Gasteiger partial charge is 0.489 e. The number of thiophene rings is 1. The lowest BCUT2D eigenvalue weighted by molar-refractivity contribution is -0.0801. The highest BCUT2D eigenvalue weighted by atomic mass is 35.5. The van der Waals surface area contributed by atoms with Crippen molar-refractivity contribution in [1.82, 2.24) is 15.0 Å². The number of methoxy groups -OCH3 is 1. The fraction of sp³-hybridized carbons (Fsp3) is 0.172. The first-order valence-corrected chi connectivity index (χ1v) is 14.2. The summed E-state index contributed by atoms with van der Waals surface area (Å²) in [5.41, 5.74) is 11.7. The van der Waals surface area contributed by atoms with Crippen molar-refractivity contribution in [3.8, 4) is 29.0 Å². The predicted octanol–water partition coefficient (Wildman–Crippen LogP) is 6.94. The third kappa shape index (κ3) is 5.05. The number of nitrogens with zero attached hydrogens (tertiary/aromatic N) is 5. The Morgan fingerprint density at radius 2 is 1.98 bits per heavy atom. The predicted molar refractivity (Wildman–Crippen MR) is 160 cm³/mol. The number of hydrogen-bond donors (Lipinski definition) is 2. The molecule has 0 aliphatic carbocycles. The number of rotatable bonds is 5. The van der Waals surface area contributed by atoms with Crippen molar-refractivity contribution in [2.24, 2.45) is 0 Å². The maximum atomic E-state index is 16.8. The van der Waals surface area contributed by atoms with Crippen molar-refractivity contribution in [3.63, 3.8) is 0 Å². The van der Waals surface area contributed by atoms with E-state index in [1.165, 1.54) is 36.4 Å². The number of pyridine rings is 1. The minimum atomic E-state index is -4.67. The van der Waals surface area contributed by atoms with Crippen molar-refractivity contribution >= 4 is 60.6 Å². The molecule has 45 heavy (non-hydrogen) atoms. The van der Waals surface area contributed by atoms with Crippen LogP contribution in [-0.2, 0) is 0 Å². The first-order chi connectivity index (χ1) is 21.4. The Labute approximate surface area is 260 Å². The van der Waals surface area contributed by atoms with Crippen LogP contribution in [0, 0.1) is 23.0 Å². The number of nitrogens with two attached hydrogens (primary N) is 2. The molecule has 0 saturated heterocycles. The number of anilines is 3. The Morgan fingerprint density at radius 1 is 1.20 bits per heavy atom. The number of ether oxygens (including phenoxy) is 2. The summed E-state index contributed by atoms with van der Waals surface area (Å²) in [6.45, 7) is -0.221. The molecule has 1 atom stereocenters. The minimum absolute atomic E-state index is 0.0179. The van der Waals surface area contributed by atoms with E-state index in [1.54, 1.807) is 0 Å². The molecule has 1 aliphatic heterocycles. The van der Waals surface area contributed by atoms with E-state index in [0.29, 0.717) is 0 Å². The normalized spacial score (nSPS) is 14.0. The van der Waals surface area contributed by atoms with E-state index in [-0.39, 0.29) is 95.9 Å². The molecule has 2 aromatic carbocycles. The zero-order chi connectivity index (χ0) is 32.2. The Morgan fingerprint density at radius 3 is 2.67 bits per heavy atom. The third-order valence-electron chi connectivity index (χ3n) is 7.17. The number of benzene rings is 2. The zero-order valence-corrected chi connectivity index (χ0v) is 24.5. The summed E-state index contributed by atoms with van der Waals surface area (Å²) in [7, 11) is 1.23. The summed E-state index contributed by atoms with van der Waals surface area (Å²) in [5, 5.41) is 9.54. The van der Waals surface area contributed by atoms with E-state index in [4.69, 9.17) is 32.5 Å². The highest BCUT2D eigenvalue weighted by molar-refractivity contribution is 7.23. The van der Waals surface area contributed by atoms with Gasteiger partial charge in [0.05, 0.1) is 40.4 Å². The molecular weight excluding hydrogens is 641 g/mol.